The Balaban J connectivity index is 0.000000837. The molecule has 32 heavy (non-hydrogen) atoms. The summed E-state index contributed by atoms with van der Waals surface area (Å²) >= 11 is 0. The van der Waals surface area contributed by atoms with Crippen LogP contribution >= 0.6 is 0 Å². The molecule has 9 nitrogen and oxygen atoms in total. The Hall–Kier alpha value is -2.81. The van der Waals surface area contributed by atoms with Crippen LogP contribution < -0.4 is 5.32 Å². The van der Waals surface area contributed by atoms with Crippen molar-refractivity contribution in [3.05, 3.63) is 29.8 Å². The number of hydrogen-bond acceptors (Lipinski definition) is 5. The number of carbonyl (C=O) groups excluding carboxylic acids is 1. The average molecular weight is 450 g/mol. The maximum atomic E-state index is 12.7. The molecule has 0 unspecified atom stereocenters. The molecular formula is C23H35N3O6. The predicted octanol–water partition coefficient (Wildman–Crippen LogP) is 2.53. The molecule has 1 aliphatic carbocycles. The van der Waals surface area contributed by atoms with Crippen molar-refractivity contribution in [1.29, 1.82) is 0 Å². The second-order valence-electron chi connectivity index (χ2n) is 8.40. The van der Waals surface area contributed by atoms with Gasteiger partial charge in [0.05, 0.1) is 0 Å². The van der Waals surface area contributed by atoms with E-state index >= 15 is 0 Å². The number of nitrogens with zero attached hydrogens (tertiary/aromatic N) is 2. The van der Waals surface area contributed by atoms with Crippen LogP contribution in [0.2, 0.25) is 0 Å². The van der Waals surface area contributed by atoms with Gasteiger partial charge in [-0.2, -0.15) is 0 Å². The topological polar surface area (TPSA) is 130 Å². The molecule has 9 heteroatoms. The number of amides is 2. The highest BCUT2D eigenvalue weighted by molar-refractivity contribution is 5.82. The monoisotopic (exact) mass is 449 g/mol. The van der Waals surface area contributed by atoms with Gasteiger partial charge in [-0.25, -0.2) is 9.59 Å². The molecule has 1 aliphatic heterocycles. The first-order chi connectivity index (χ1) is 15.3. The first-order valence-electron chi connectivity index (χ1n) is 11.3. The zero-order valence-corrected chi connectivity index (χ0v) is 18.7. The SMILES string of the molecule is CC(=O)O.O=C(O)[C@H](Cc1ccc(O)cc1)NC(=O)N1CCCN(C2CCCCC2)CC1. The van der Waals surface area contributed by atoms with E-state index in [9.17, 15) is 19.8 Å². The van der Waals surface area contributed by atoms with Crippen LogP contribution in [0.1, 0.15) is 51.0 Å². The lowest BCUT2D eigenvalue weighted by Gasteiger charge is -2.33. The van der Waals surface area contributed by atoms with Gasteiger partial charge in [0.1, 0.15) is 11.8 Å². The van der Waals surface area contributed by atoms with E-state index in [0.29, 0.717) is 19.1 Å². The zero-order chi connectivity index (χ0) is 23.5. The van der Waals surface area contributed by atoms with Crippen molar-refractivity contribution in [2.75, 3.05) is 26.2 Å². The largest absolute Gasteiger partial charge is 0.508 e. The highest BCUT2D eigenvalue weighted by Crippen LogP contribution is 2.23. The number of carboxylic acids is 2. The number of phenolic OH excluding ortho intramolecular Hbond substituents is 1. The molecule has 3 rings (SSSR count). The van der Waals surface area contributed by atoms with E-state index < -0.39 is 18.0 Å². The highest BCUT2D eigenvalue weighted by Gasteiger charge is 2.27. The summed E-state index contributed by atoms with van der Waals surface area (Å²) in [5, 5.41) is 29.0. The van der Waals surface area contributed by atoms with E-state index in [-0.39, 0.29) is 18.2 Å². The first-order valence-corrected chi connectivity index (χ1v) is 11.3. The number of benzene rings is 1. The number of carboxylic acid groups (broad SMARTS) is 2. The summed E-state index contributed by atoms with van der Waals surface area (Å²) in [6, 6.07) is 5.72. The quantitative estimate of drug-likeness (QED) is 0.543. The van der Waals surface area contributed by atoms with Crippen molar-refractivity contribution in [3.63, 3.8) is 0 Å². The van der Waals surface area contributed by atoms with Crippen LogP contribution in [0.25, 0.3) is 0 Å². The molecule has 1 heterocycles. The molecule has 1 atom stereocenters. The third kappa shape index (κ3) is 8.74. The fraction of sp³-hybridized carbons (Fsp3) is 0.609. The van der Waals surface area contributed by atoms with Crippen LogP contribution in [0.3, 0.4) is 0 Å². The van der Waals surface area contributed by atoms with Gasteiger partial charge in [-0.05, 0) is 37.0 Å². The van der Waals surface area contributed by atoms with Crippen molar-refractivity contribution in [2.45, 2.75) is 64.0 Å². The Morgan fingerprint density at radius 2 is 1.59 bits per heavy atom. The van der Waals surface area contributed by atoms with Crippen molar-refractivity contribution < 1.29 is 29.7 Å². The Morgan fingerprint density at radius 3 is 2.19 bits per heavy atom. The molecule has 2 fully saturated rings. The second-order valence-corrected chi connectivity index (χ2v) is 8.40. The van der Waals surface area contributed by atoms with Crippen LogP contribution in [-0.2, 0) is 16.0 Å². The molecule has 1 aromatic carbocycles. The van der Waals surface area contributed by atoms with Gasteiger partial charge in [-0.3, -0.25) is 9.69 Å². The van der Waals surface area contributed by atoms with Crippen LogP contribution in [0.15, 0.2) is 24.3 Å². The molecule has 4 N–H and O–H groups in total. The predicted molar refractivity (Wildman–Crippen MR) is 120 cm³/mol. The van der Waals surface area contributed by atoms with Crippen LogP contribution in [0, 0.1) is 0 Å². The van der Waals surface area contributed by atoms with E-state index in [1.165, 1.54) is 44.2 Å². The highest BCUT2D eigenvalue weighted by atomic mass is 16.4. The third-order valence-electron chi connectivity index (χ3n) is 5.88. The second kappa shape index (κ2) is 12.9. The average Bonchev–Trinajstić information content (AvgIpc) is 3.01. The van der Waals surface area contributed by atoms with Crippen molar-refractivity contribution in [1.82, 2.24) is 15.1 Å². The molecule has 0 spiro atoms. The lowest BCUT2D eigenvalue weighted by molar-refractivity contribution is -0.139. The Kier molecular flexibility index (Phi) is 10.3. The molecule has 2 amide bonds. The minimum absolute atomic E-state index is 0.131. The van der Waals surface area contributed by atoms with Gasteiger partial charge in [-0.15, -0.1) is 0 Å². The minimum atomic E-state index is -1.06. The number of carbonyl (C=O) groups is 3. The van der Waals surface area contributed by atoms with Gasteiger partial charge in [0, 0.05) is 45.6 Å². The molecule has 2 aliphatic rings. The summed E-state index contributed by atoms with van der Waals surface area (Å²) in [5.74, 6) is -1.76. The van der Waals surface area contributed by atoms with Gasteiger partial charge >= 0.3 is 12.0 Å². The number of aliphatic carboxylic acids is 2. The number of urea groups is 1. The van der Waals surface area contributed by atoms with Gasteiger partial charge < -0.3 is 25.5 Å². The summed E-state index contributed by atoms with van der Waals surface area (Å²) in [6.45, 7) is 4.23. The standard InChI is InChI=1S/C21H31N3O4.C2H4O2/c25-18-9-7-16(8-10-18)15-19(20(26)27)22-21(28)24-12-4-11-23(13-14-24)17-5-2-1-3-6-17;1-2(3)4/h7-10,17,19,25H,1-6,11-15H2,(H,22,28)(H,26,27);1H3,(H,3,4)/t19-;/m0./s1. The fourth-order valence-corrected chi connectivity index (χ4v) is 4.26. The summed E-state index contributed by atoms with van der Waals surface area (Å²) in [7, 11) is 0. The molecule has 0 radical (unpaired) electrons. The number of nitrogens with one attached hydrogen (secondary N) is 1. The molecule has 1 saturated heterocycles. The normalized spacial score (nSPS) is 18.6. The van der Waals surface area contributed by atoms with Gasteiger partial charge in [0.25, 0.3) is 5.97 Å². The van der Waals surface area contributed by atoms with Crippen molar-refractivity contribution >= 4 is 18.0 Å². The maximum absolute atomic E-state index is 12.7. The number of aromatic hydroxyl groups is 1. The van der Waals surface area contributed by atoms with E-state index in [4.69, 9.17) is 9.90 Å². The van der Waals surface area contributed by atoms with Gasteiger partial charge in [-0.1, -0.05) is 31.4 Å². The summed E-state index contributed by atoms with van der Waals surface area (Å²) in [4.78, 5) is 37.6. The van der Waals surface area contributed by atoms with E-state index in [2.05, 4.69) is 10.2 Å². The first kappa shape index (κ1) is 25.5. The van der Waals surface area contributed by atoms with Crippen LogP contribution in [0.5, 0.6) is 5.75 Å². The molecule has 0 aromatic heterocycles. The number of hydrogen-bond donors (Lipinski definition) is 4. The van der Waals surface area contributed by atoms with Crippen LogP contribution in [0.4, 0.5) is 4.79 Å². The van der Waals surface area contributed by atoms with Crippen molar-refractivity contribution in [3.8, 4) is 5.75 Å². The smallest absolute Gasteiger partial charge is 0.326 e. The Morgan fingerprint density at radius 1 is 0.969 bits per heavy atom. The molecule has 1 aromatic rings. The number of phenols is 1. The van der Waals surface area contributed by atoms with Gasteiger partial charge in [0.15, 0.2) is 0 Å². The third-order valence-corrected chi connectivity index (χ3v) is 5.88. The van der Waals surface area contributed by atoms with Crippen LogP contribution in [-0.4, -0.2) is 81.4 Å². The Bertz CT molecular complexity index is 745. The summed E-state index contributed by atoms with van der Waals surface area (Å²) in [6.07, 6.45) is 7.52. The number of rotatable bonds is 5. The lowest BCUT2D eigenvalue weighted by Crippen LogP contribution is -2.50. The minimum Gasteiger partial charge on any atom is -0.508 e. The molecule has 178 valence electrons. The van der Waals surface area contributed by atoms with E-state index in [1.54, 1.807) is 17.0 Å². The molecular weight excluding hydrogens is 414 g/mol. The van der Waals surface area contributed by atoms with E-state index in [1.807, 2.05) is 0 Å². The maximum Gasteiger partial charge on any atom is 0.326 e. The fourth-order valence-electron chi connectivity index (χ4n) is 4.26. The molecule has 0 bridgehead atoms. The summed E-state index contributed by atoms with van der Waals surface area (Å²) < 4.78 is 0. The van der Waals surface area contributed by atoms with Gasteiger partial charge in [0.2, 0.25) is 0 Å². The zero-order valence-electron chi connectivity index (χ0n) is 18.7. The lowest BCUT2D eigenvalue weighted by atomic mass is 9.94. The van der Waals surface area contributed by atoms with Crippen molar-refractivity contribution in [2.24, 2.45) is 0 Å². The molecule has 1 saturated carbocycles. The van der Waals surface area contributed by atoms with E-state index in [0.717, 1.165) is 32.0 Å². The summed E-state index contributed by atoms with van der Waals surface area (Å²) in [5.41, 5.74) is 0.754. The Labute approximate surface area is 189 Å².